The first-order chi connectivity index (χ1) is 12.2. The maximum Gasteiger partial charge on any atom is 0.241 e. The molecule has 0 aliphatic heterocycles. The molecule has 0 saturated heterocycles. The van der Waals surface area contributed by atoms with Gasteiger partial charge in [-0.05, 0) is 43.8 Å². The Labute approximate surface area is 159 Å². The number of thiophene rings is 1. The molecule has 26 heavy (non-hydrogen) atoms. The highest BCUT2D eigenvalue weighted by Crippen LogP contribution is 2.17. The molecule has 0 fully saturated rings. The van der Waals surface area contributed by atoms with E-state index in [4.69, 9.17) is 0 Å². The van der Waals surface area contributed by atoms with Gasteiger partial charge in [0, 0.05) is 24.0 Å². The molecule has 142 valence electrons. The number of nitrogens with zero attached hydrogens (tertiary/aromatic N) is 1. The summed E-state index contributed by atoms with van der Waals surface area (Å²) in [7, 11) is -1.91. The van der Waals surface area contributed by atoms with Gasteiger partial charge in [-0.25, -0.2) is 13.1 Å². The second-order valence-corrected chi connectivity index (χ2v) is 9.50. The zero-order chi connectivity index (χ0) is 19.2. The van der Waals surface area contributed by atoms with Crippen molar-refractivity contribution in [3.63, 3.8) is 0 Å². The van der Waals surface area contributed by atoms with Crippen LogP contribution in [0.1, 0.15) is 31.2 Å². The van der Waals surface area contributed by atoms with Crippen LogP contribution < -0.4 is 15.4 Å². The maximum atomic E-state index is 12.7. The standard InChI is InChI=1S/C18H26N4O2S2/c1-18(2,3)22-26(23,24)16-10-6-5-8-14(16)12-20-17(19-4)21-13-15-9-7-11-25-15/h5-11,22H,12-13H2,1-4H3,(H2,19,20,21). The first kappa shape index (κ1) is 20.4. The summed E-state index contributed by atoms with van der Waals surface area (Å²) in [6, 6.07) is 11.0. The molecular formula is C18H26N4O2S2. The maximum absolute atomic E-state index is 12.7. The molecule has 0 aliphatic rings. The summed E-state index contributed by atoms with van der Waals surface area (Å²) in [5.41, 5.74) is 0.140. The van der Waals surface area contributed by atoms with E-state index in [2.05, 4.69) is 20.3 Å². The molecular weight excluding hydrogens is 368 g/mol. The second kappa shape index (κ2) is 8.66. The third kappa shape index (κ3) is 6.12. The Morgan fingerprint density at radius 1 is 1.08 bits per heavy atom. The zero-order valence-corrected chi connectivity index (χ0v) is 17.2. The molecule has 2 rings (SSSR count). The Bertz CT molecular complexity index is 838. The Morgan fingerprint density at radius 2 is 1.77 bits per heavy atom. The Kier molecular flexibility index (Phi) is 6.80. The van der Waals surface area contributed by atoms with Gasteiger partial charge in [0.1, 0.15) is 0 Å². The summed E-state index contributed by atoms with van der Waals surface area (Å²) in [6.45, 7) is 6.49. The van der Waals surface area contributed by atoms with Gasteiger partial charge in [-0.15, -0.1) is 11.3 Å². The zero-order valence-electron chi connectivity index (χ0n) is 15.5. The van der Waals surface area contributed by atoms with Crippen molar-refractivity contribution in [2.24, 2.45) is 4.99 Å². The minimum atomic E-state index is -3.60. The summed E-state index contributed by atoms with van der Waals surface area (Å²) < 4.78 is 28.1. The minimum Gasteiger partial charge on any atom is -0.352 e. The lowest BCUT2D eigenvalue weighted by Crippen LogP contribution is -2.41. The van der Waals surface area contributed by atoms with Gasteiger partial charge in [0.25, 0.3) is 0 Å². The monoisotopic (exact) mass is 394 g/mol. The third-order valence-electron chi connectivity index (χ3n) is 3.38. The molecule has 0 amide bonds. The van der Waals surface area contributed by atoms with Gasteiger partial charge in [-0.2, -0.15) is 0 Å². The molecule has 0 bridgehead atoms. The number of guanidine groups is 1. The molecule has 1 aromatic heterocycles. The fraction of sp³-hybridized carbons (Fsp3) is 0.389. The summed E-state index contributed by atoms with van der Waals surface area (Å²) in [6.07, 6.45) is 0. The fourth-order valence-electron chi connectivity index (χ4n) is 2.35. The van der Waals surface area contributed by atoms with Crippen molar-refractivity contribution >= 4 is 27.3 Å². The van der Waals surface area contributed by atoms with Gasteiger partial charge in [0.2, 0.25) is 10.0 Å². The van der Waals surface area contributed by atoms with Crippen molar-refractivity contribution in [2.45, 2.75) is 44.3 Å². The molecule has 6 nitrogen and oxygen atoms in total. The van der Waals surface area contributed by atoms with Crippen molar-refractivity contribution in [3.8, 4) is 0 Å². The predicted molar refractivity (Wildman–Crippen MR) is 108 cm³/mol. The number of hydrogen-bond acceptors (Lipinski definition) is 4. The highest BCUT2D eigenvalue weighted by Gasteiger charge is 2.24. The van der Waals surface area contributed by atoms with Gasteiger partial charge < -0.3 is 10.6 Å². The van der Waals surface area contributed by atoms with Crippen molar-refractivity contribution in [3.05, 3.63) is 52.2 Å². The van der Waals surface area contributed by atoms with Crippen molar-refractivity contribution < 1.29 is 8.42 Å². The highest BCUT2D eigenvalue weighted by molar-refractivity contribution is 7.89. The van der Waals surface area contributed by atoms with E-state index in [1.807, 2.05) is 44.4 Å². The van der Waals surface area contributed by atoms with Crippen LogP contribution in [-0.4, -0.2) is 27.0 Å². The number of aliphatic imine (C=N–C) groups is 1. The Hall–Kier alpha value is -1.90. The van der Waals surface area contributed by atoms with E-state index in [9.17, 15) is 8.42 Å². The molecule has 0 atom stereocenters. The number of rotatable bonds is 6. The summed E-state index contributed by atoms with van der Waals surface area (Å²) in [5, 5.41) is 8.42. The number of sulfonamides is 1. The lowest BCUT2D eigenvalue weighted by molar-refractivity contribution is 0.491. The average molecular weight is 395 g/mol. The summed E-state index contributed by atoms with van der Waals surface area (Å²) in [5.74, 6) is 0.620. The number of nitrogens with one attached hydrogen (secondary N) is 3. The van der Waals surface area contributed by atoms with E-state index in [1.54, 1.807) is 36.6 Å². The van der Waals surface area contributed by atoms with Crippen LogP contribution in [0.5, 0.6) is 0 Å². The van der Waals surface area contributed by atoms with Gasteiger partial charge in [0.05, 0.1) is 11.4 Å². The molecule has 1 heterocycles. The van der Waals surface area contributed by atoms with Gasteiger partial charge >= 0.3 is 0 Å². The highest BCUT2D eigenvalue weighted by atomic mass is 32.2. The molecule has 2 aromatic rings. The fourth-order valence-corrected chi connectivity index (χ4v) is 4.66. The van der Waals surface area contributed by atoms with Crippen LogP contribution in [0.4, 0.5) is 0 Å². The van der Waals surface area contributed by atoms with Gasteiger partial charge in [-0.1, -0.05) is 24.3 Å². The molecule has 3 N–H and O–H groups in total. The van der Waals surface area contributed by atoms with Gasteiger partial charge in [-0.3, -0.25) is 4.99 Å². The second-order valence-electron chi connectivity index (χ2n) is 6.82. The third-order valence-corrected chi connectivity index (χ3v) is 6.12. The van der Waals surface area contributed by atoms with E-state index in [1.165, 1.54) is 4.88 Å². The molecule has 0 aliphatic carbocycles. The minimum absolute atomic E-state index is 0.274. The van der Waals surface area contributed by atoms with Crippen LogP contribution in [0.15, 0.2) is 51.7 Å². The SMILES string of the molecule is CN=C(NCc1cccs1)NCc1ccccc1S(=O)(=O)NC(C)(C)C. The van der Waals surface area contributed by atoms with E-state index in [0.29, 0.717) is 24.6 Å². The first-order valence-corrected chi connectivity index (χ1v) is 10.7. The van der Waals surface area contributed by atoms with Crippen LogP contribution in [0.25, 0.3) is 0 Å². The molecule has 8 heteroatoms. The quantitative estimate of drug-likeness (QED) is 0.520. The molecule has 0 spiro atoms. The van der Waals surface area contributed by atoms with Crippen LogP contribution in [0.3, 0.4) is 0 Å². The number of hydrogen-bond donors (Lipinski definition) is 3. The first-order valence-electron chi connectivity index (χ1n) is 8.30. The van der Waals surface area contributed by atoms with E-state index < -0.39 is 15.6 Å². The largest absolute Gasteiger partial charge is 0.352 e. The smallest absolute Gasteiger partial charge is 0.241 e. The Morgan fingerprint density at radius 3 is 2.38 bits per heavy atom. The molecule has 0 unspecified atom stereocenters. The van der Waals surface area contributed by atoms with E-state index >= 15 is 0 Å². The summed E-state index contributed by atoms with van der Waals surface area (Å²) >= 11 is 1.67. The van der Waals surface area contributed by atoms with Crippen molar-refractivity contribution in [1.29, 1.82) is 0 Å². The van der Waals surface area contributed by atoms with Crippen molar-refractivity contribution in [1.82, 2.24) is 15.4 Å². The predicted octanol–water partition coefficient (Wildman–Crippen LogP) is 2.69. The van der Waals surface area contributed by atoms with E-state index in [0.717, 1.165) is 0 Å². The number of benzene rings is 1. The molecule has 1 aromatic carbocycles. The Balaban J connectivity index is 2.07. The lowest BCUT2D eigenvalue weighted by atomic mass is 10.1. The van der Waals surface area contributed by atoms with Crippen LogP contribution in [0.2, 0.25) is 0 Å². The van der Waals surface area contributed by atoms with Gasteiger partial charge in [0.15, 0.2) is 5.96 Å². The molecule has 0 saturated carbocycles. The topological polar surface area (TPSA) is 82.6 Å². The van der Waals surface area contributed by atoms with E-state index in [-0.39, 0.29) is 4.90 Å². The van der Waals surface area contributed by atoms with Crippen molar-refractivity contribution in [2.75, 3.05) is 7.05 Å². The molecule has 0 radical (unpaired) electrons. The summed E-state index contributed by atoms with van der Waals surface area (Å²) in [4.78, 5) is 5.66. The normalized spacial score (nSPS) is 12.8. The average Bonchev–Trinajstić information content (AvgIpc) is 3.06. The van der Waals surface area contributed by atoms with Crippen LogP contribution in [0, 0.1) is 0 Å². The van der Waals surface area contributed by atoms with Crippen LogP contribution in [-0.2, 0) is 23.1 Å². The lowest BCUT2D eigenvalue weighted by Gasteiger charge is -2.22. The van der Waals surface area contributed by atoms with Crippen LogP contribution >= 0.6 is 11.3 Å².